The van der Waals surface area contributed by atoms with Crippen molar-refractivity contribution in [3.05, 3.63) is 100 Å². The monoisotopic (exact) mass is 444 g/mol. The van der Waals surface area contributed by atoms with Crippen LogP contribution in [0.5, 0.6) is 0 Å². The van der Waals surface area contributed by atoms with Crippen molar-refractivity contribution in [1.82, 2.24) is 5.32 Å². The van der Waals surface area contributed by atoms with E-state index in [0.29, 0.717) is 16.8 Å². The Labute approximate surface area is 194 Å². The van der Waals surface area contributed by atoms with Crippen LogP contribution in [0.15, 0.2) is 66.7 Å². The average molecular weight is 445 g/mol. The van der Waals surface area contributed by atoms with Gasteiger partial charge in [0, 0.05) is 16.8 Å². The second kappa shape index (κ2) is 10.6. The summed E-state index contributed by atoms with van der Waals surface area (Å²) in [5, 5.41) is 5.42. The van der Waals surface area contributed by atoms with Gasteiger partial charge in [-0.1, -0.05) is 48.5 Å². The largest absolute Gasteiger partial charge is 0.446 e. The molecule has 3 aromatic carbocycles. The van der Waals surface area contributed by atoms with Crippen LogP contribution in [-0.2, 0) is 14.3 Å². The molecule has 0 aromatic heterocycles. The van der Waals surface area contributed by atoms with Crippen molar-refractivity contribution < 1.29 is 19.1 Å². The molecule has 3 rings (SSSR count). The summed E-state index contributed by atoms with van der Waals surface area (Å²) >= 11 is 0. The molecule has 0 spiro atoms. The summed E-state index contributed by atoms with van der Waals surface area (Å²) in [5.41, 5.74) is 5.60. The van der Waals surface area contributed by atoms with Crippen molar-refractivity contribution in [2.24, 2.45) is 0 Å². The summed E-state index contributed by atoms with van der Waals surface area (Å²) in [6.45, 7) is 7.34. The van der Waals surface area contributed by atoms with E-state index in [9.17, 15) is 14.4 Å². The fourth-order valence-electron chi connectivity index (χ4n) is 3.28. The lowest BCUT2D eigenvalue weighted by Crippen LogP contribution is -2.33. The van der Waals surface area contributed by atoms with Crippen molar-refractivity contribution >= 4 is 23.5 Å². The molecule has 6 nitrogen and oxygen atoms in total. The Balaban J connectivity index is 1.70. The minimum absolute atomic E-state index is 0.355. The van der Waals surface area contributed by atoms with Gasteiger partial charge in [0.1, 0.15) is 6.54 Å². The van der Waals surface area contributed by atoms with Crippen LogP contribution in [0.25, 0.3) is 0 Å². The van der Waals surface area contributed by atoms with Gasteiger partial charge in [-0.2, -0.15) is 0 Å². The van der Waals surface area contributed by atoms with E-state index in [0.717, 1.165) is 22.3 Å². The standard InChI is InChI=1S/C27H28N2O4/c1-17-10-11-19(3)23(14-17)29-27(32)25(21-8-6-5-7-9-21)33-24(30)16-28-26(31)22-13-12-18(2)20(4)15-22/h5-15,25H,16H2,1-4H3,(H,28,31)(H,29,32). The van der Waals surface area contributed by atoms with Crippen LogP contribution in [0.4, 0.5) is 5.69 Å². The van der Waals surface area contributed by atoms with E-state index < -0.39 is 18.0 Å². The van der Waals surface area contributed by atoms with Gasteiger partial charge in [0.15, 0.2) is 0 Å². The predicted molar refractivity (Wildman–Crippen MR) is 128 cm³/mol. The molecule has 0 bridgehead atoms. The first-order chi connectivity index (χ1) is 15.7. The van der Waals surface area contributed by atoms with Crippen LogP contribution in [0, 0.1) is 27.7 Å². The third kappa shape index (κ3) is 6.29. The van der Waals surface area contributed by atoms with Gasteiger partial charge in [-0.3, -0.25) is 14.4 Å². The Morgan fingerprint density at radius 1 is 0.818 bits per heavy atom. The zero-order valence-electron chi connectivity index (χ0n) is 19.3. The van der Waals surface area contributed by atoms with Crippen LogP contribution < -0.4 is 10.6 Å². The normalized spacial score (nSPS) is 11.4. The SMILES string of the molecule is Cc1ccc(C)c(NC(=O)C(OC(=O)CNC(=O)c2ccc(C)c(C)c2)c2ccccc2)c1. The number of rotatable bonds is 7. The summed E-state index contributed by atoms with van der Waals surface area (Å²) in [7, 11) is 0. The highest BCUT2D eigenvalue weighted by Gasteiger charge is 2.26. The van der Waals surface area contributed by atoms with Crippen molar-refractivity contribution in [1.29, 1.82) is 0 Å². The van der Waals surface area contributed by atoms with Gasteiger partial charge in [-0.25, -0.2) is 0 Å². The number of anilines is 1. The first kappa shape index (κ1) is 23.7. The fourth-order valence-corrected chi connectivity index (χ4v) is 3.28. The minimum Gasteiger partial charge on any atom is -0.446 e. The molecular formula is C27H28N2O4. The van der Waals surface area contributed by atoms with Crippen molar-refractivity contribution in [3.8, 4) is 0 Å². The first-order valence-electron chi connectivity index (χ1n) is 10.7. The fraction of sp³-hybridized carbons (Fsp3) is 0.222. The number of esters is 1. The lowest BCUT2D eigenvalue weighted by Gasteiger charge is -2.19. The third-order valence-corrected chi connectivity index (χ3v) is 5.40. The van der Waals surface area contributed by atoms with Crippen molar-refractivity contribution in [3.63, 3.8) is 0 Å². The first-order valence-corrected chi connectivity index (χ1v) is 10.7. The number of ether oxygens (including phenoxy) is 1. The van der Waals surface area contributed by atoms with E-state index in [2.05, 4.69) is 10.6 Å². The van der Waals surface area contributed by atoms with Crippen LogP contribution in [-0.4, -0.2) is 24.3 Å². The zero-order chi connectivity index (χ0) is 24.0. The average Bonchev–Trinajstić information content (AvgIpc) is 2.80. The quantitative estimate of drug-likeness (QED) is 0.523. The van der Waals surface area contributed by atoms with E-state index >= 15 is 0 Å². The smallest absolute Gasteiger partial charge is 0.326 e. The van der Waals surface area contributed by atoms with Gasteiger partial charge >= 0.3 is 5.97 Å². The molecule has 1 unspecified atom stereocenters. The Bertz CT molecular complexity index is 1170. The Morgan fingerprint density at radius 2 is 1.52 bits per heavy atom. The summed E-state index contributed by atoms with van der Waals surface area (Å²) in [6.07, 6.45) is -1.16. The number of amides is 2. The maximum absolute atomic E-state index is 13.1. The van der Waals surface area contributed by atoms with Crippen LogP contribution in [0.1, 0.15) is 44.3 Å². The molecule has 3 aromatic rings. The van der Waals surface area contributed by atoms with E-state index in [4.69, 9.17) is 4.74 Å². The molecule has 6 heteroatoms. The molecule has 0 saturated heterocycles. The predicted octanol–water partition coefficient (Wildman–Crippen LogP) is 4.57. The lowest BCUT2D eigenvalue weighted by atomic mass is 10.1. The third-order valence-electron chi connectivity index (χ3n) is 5.40. The number of hydrogen-bond acceptors (Lipinski definition) is 4. The van der Waals surface area contributed by atoms with E-state index in [1.165, 1.54) is 0 Å². The van der Waals surface area contributed by atoms with Gasteiger partial charge in [0.2, 0.25) is 6.10 Å². The molecule has 0 aliphatic carbocycles. The highest BCUT2D eigenvalue weighted by Crippen LogP contribution is 2.22. The summed E-state index contributed by atoms with van der Waals surface area (Å²) in [5.74, 6) is -1.56. The summed E-state index contributed by atoms with van der Waals surface area (Å²) in [4.78, 5) is 38.0. The number of benzene rings is 3. The molecule has 2 N–H and O–H groups in total. The van der Waals surface area contributed by atoms with Crippen LogP contribution in [0.2, 0.25) is 0 Å². The molecular weight excluding hydrogens is 416 g/mol. The number of carbonyl (C=O) groups is 3. The molecule has 0 aliphatic rings. The van der Waals surface area contributed by atoms with Crippen molar-refractivity contribution in [2.75, 3.05) is 11.9 Å². The Morgan fingerprint density at radius 3 is 2.21 bits per heavy atom. The molecule has 1 atom stereocenters. The Hall–Kier alpha value is -3.93. The lowest BCUT2D eigenvalue weighted by molar-refractivity contribution is -0.153. The molecule has 0 heterocycles. The van der Waals surface area contributed by atoms with Gasteiger partial charge in [0.05, 0.1) is 0 Å². The Kier molecular flexibility index (Phi) is 7.61. The molecule has 2 amide bonds. The van der Waals surface area contributed by atoms with Gasteiger partial charge < -0.3 is 15.4 Å². The molecule has 0 fully saturated rings. The number of nitrogens with one attached hydrogen (secondary N) is 2. The van der Waals surface area contributed by atoms with Gasteiger partial charge in [-0.05, 0) is 68.1 Å². The second-order valence-corrected chi connectivity index (χ2v) is 8.07. The summed E-state index contributed by atoms with van der Waals surface area (Å²) in [6, 6.07) is 19.8. The second-order valence-electron chi connectivity index (χ2n) is 8.07. The van der Waals surface area contributed by atoms with E-state index in [1.807, 2.05) is 58.0 Å². The van der Waals surface area contributed by atoms with Gasteiger partial charge in [0.25, 0.3) is 11.8 Å². The highest BCUT2D eigenvalue weighted by atomic mass is 16.5. The van der Waals surface area contributed by atoms with Crippen molar-refractivity contribution in [2.45, 2.75) is 33.8 Å². The maximum atomic E-state index is 13.1. The minimum atomic E-state index is -1.16. The van der Waals surface area contributed by atoms with Crippen LogP contribution >= 0.6 is 0 Å². The van der Waals surface area contributed by atoms with E-state index in [1.54, 1.807) is 36.4 Å². The molecule has 33 heavy (non-hydrogen) atoms. The van der Waals surface area contributed by atoms with Gasteiger partial charge in [-0.15, -0.1) is 0 Å². The maximum Gasteiger partial charge on any atom is 0.326 e. The summed E-state index contributed by atoms with van der Waals surface area (Å²) < 4.78 is 5.50. The molecule has 0 aliphatic heterocycles. The zero-order valence-corrected chi connectivity index (χ0v) is 19.3. The topological polar surface area (TPSA) is 84.5 Å². The number of aryl methyl sites for hydroxylation is 4. The molecule has 0 radical (unpaired) electrons. The number of hydrogen-bond donors (Lipinski definition) is 2. The molecule has 0 saturated carbocycles. The highest BCUT2D eigenvalue weighted by molar-refractivity contribution is 5.98. The van der Waals surface area contributed by atoms with Crippen LogP contribution in [0.3, 0.4) is 0 Å². The molecule has 170 valence electrons. The van der Waals surface area contributed by atoms with E-state index in [-0.39, 0.29) is 12.5 Å². The number of carbonyl (C=O) groups excluding carboxylic acids is 3.